The van der Waals surface area contributed by atoms with Crippen molar-refractivity contribution in [2.75, 3.05) is 6.54 Å². The summed E-state index contributed by atoms with van der Waals surface area (Å²) in [5.41, 5.74) is 1.67. The number of carboxylic acid groups (broad SMARTS) is 1. The van der Waals surface area contributed by atoms with Gasteiger partial charge in [-0.05, 0) is 37.8 Å². The van der Waals surface area contributed by atoms with Crippen LogP contribution in [0.1, 0.15) is 41.6 Å². The Morgan fingerprint density at radius 1 is 1.30 bits per heavy atom. The van der Waals surface area contributed by atoms with Gasteiger partial charge in [-0.25, -0.2) is 0 Å². The molecule has 1 aliphatic carbocycles. The van der Waals surface area contributed by atoms with E-state index in [1.54, 1.807) is 6.07 Å². The molecule has 1 fully saturated rings. The maximum atomic E-state index is 12.1. The highest BCUT2D eigenvalue weighted by Gasteiger charge is 2.30. The van der Waals surface area contributed by atoms with Gasteiger partial charge in [0.15, 0.2) is 0 Å². The molecule has 1 saturated carbocycles. The third kappa shape index (κ3) is 3.59. The first-order chi connectivity index (χ1) is 9.58. The zero-order valence-corrected chi connectivity index (χ0v) is 11.8. The molecule has 4 heteroatoms. The second kappa shape index (κ2) is 6.55. The van der Waals surface area contributed by atoms with Gasteiger partial charge in [0.2, 0.25) is 0 Å². The Labute approximate surface area is 119 Å². The van der Waals surface area contributed by atoms with E-state index in [1.165, 1.54) is 0 Å². The van der Waals surface area contributed by atoms with Crippen LogP contribution in [-0.4, -0.2) is 23.5 Å². The summed E-state index contributed by atoms with van der Waals surface area (Å²) in [5.74, 6) is -1.13. The van der Waals surface area contributed by atoms with Gasteiger partial charge in [-0.15, -0.1) is 0 Å². The summed E-state index contributed by atoms with van der Waals surface area (Å²) in [6.45, 7) is 2.39. The lowest BCUT2D eigenvalue weighted by Gasteiger charge is -2.28. The fourth-order valence-corrected chi connectivity index (χ4v) is 2.89. The fraction of sp³-hybridized carbons (Fsp3) is 0.500. The van der Waals surface area contributed by atoms with Crippen molar-refractivity contribution in [3.8, 4) is 0 Å². The molecule has 1 aromatic carbocycles. The molecule has 4 nitrogen and oxygen atoms in total. The molecule has 0 aliphatic heterocycles. The van der Waals surface area contributed by atoms with Crippen LogP contribution in [0.15, 0.2) is 24.3 Å². The quantitative estimate of drug-likeness (QED) is 0.887. The number of carbonyl (C=O) groups is 2. The van der Waals surface area contributed by atoms with Gasteiger partial charge in [-0.1, -0.05) is 30.5 Å². The molecule has 0 aromatic heterocycles. The molecule has 1 aromatic rings. The number of benzene rings is 1. The lowest BCUT2D eigenvalue weighted by molar-refractivity contribution is -0.144. The van der Waals surface area contributed by atoms with Gasteiger partial charge in [-0.2, -0.15) is 0 Å². The normalized spacial score (nSPS) is 22.2. The van der Waals surface area contributed by atoms with Crippen molar-refractivity contribution in [2.24, 2.45) is 11.8 Å². The van der Waals surface area contributed by atoms with Crippen LogP contribution < -0.4 is 5.32 Å². The molecule has 0 saturated heterocycles. The third-order valence-electron chi connectivity index (χ3n) is 4.03. The largest absolute Gasteiger partial charge is 0.481 e. The van der Waals surface area contributed by atoms with Crippen molar-refractivity contribution in [1.29, 1.82) is 0 Å². The van der Waals surface area contributed by atoms with Crippen LogP contribution in [-0.2, 0) is 4.79 Å². The molecule has 1 aliphatic rings. The molecule has 0 spiro atoms. The first-order valence-corrected chi connectivity index (χ1v) is 7.15. The van der Waals surface area contributed by atoms with E-state index in [9.17, 15) is 14.7 Å². The minimum Gasteiger partial charge on any atom is -0.481 e. The van der Waals surface area contributed by atoms with Crippen LogP contribution in [0.2, 0.25) is 0 Å². The van der Waals surface area contributed by atoms with E-state index in [2.05, 4.69) is 5.32 Å². The molecule has 0 radical (unpaired) electrons. The first-order valence-electron chi connectivity index (χ1n) is 7.15. The minimum absolute atomic E-state index is 0.0509. The Hall–Kier alpha value is -1.84. The molecule has 108 valence electrons. The highest BCUT2D eigenvalue weighted by atomic mass is 16.4. The van der Waals surface area contributed by atoms with Crippen LogP contribution in [0.3, 0.4) is 0 Å². The second-order valence-electron chi connectivity index (χ2n) is 5.57. The monoisotopic (exact) mass is 275 g/mol. The zero-order chi connectivity index (χ0) is 14.5. The predicted molar refractivity (Wildman–Crippen MR) is 76.6 cm³/mol. The number of aryl methyl sites for hydroxylation is 1. The van der Waals surface area contributed by atoms with Gasteiger partial charge < -0.3 is 10.4 Å². The number of carboxylic acids is 1. The average molecular weight is 275 g/mol. The highest BCUT2D eigenvalue weighted by molar-refractivity contribution is 5.94. The van der Waals surface area contributed by atoms with Gasteiger partial charge >= 0.3 is 5.97 Å². The van der Waals surface area contributed by atoms with E-state index in [0.29, 0.717) is 12.1 Å². The lowest BCUT2D eigenvalue weighted by Crippen LogP contribution is -2.37. The molecule has 2 rings (SSSR count). The number of carbonyl (C=O) groups excluding carboxylic acids is 1. The third-order valence-corrected chi connectivity index (χ3v) is 4.03. The zero-order valence-electron chi connectivity index (χ0n) is 11.8. The second-order valence-corrected chi connectivity index (χ2v) is 5.57. The van der Waals surface area contributed by atoms with Crippen molar-refractivity contribution in [3.05, 3.63) is 35.4 Å². The van der Waals surface area contributed by atoms with Crippen molar-refractivity contribution in [2.45, 2.75) is 32.6 Å². The van der Waals surface area contributed by atoms with E-state index in [0.717, 1.165) is 31.2 Å². The molecule has 1 amide bonds. The summed E-state index contributed by atoms with van der Waals surface area (Å²) in [6.07, 6.45) is 3.62. The van der Waals surface area contributed by atoms with E-state index in [1.807, 2.05) is 25.1 Å². The number of rotatable bonds is 4. The minimum atomic E-state index is -0.737. The maximum absolute atomic E-state index is 12.1. The Bertz CT molecular complexity index is 498. The SMILES string of the molecule is Cc1cccc(C(=O)NC[C@@H]2CCCC[C@@H]2C(=O)O)c1. The summed E-state index contributed by atoms with van der Waals surface area (Å²) >= 11 is 0. The van der Waals surface area contributed by atoms with E-state index in [-0.39, 0.29) is 17.7 Å². The highest BCUT2D eigenvalue weighted by Crippen LogP contribution is 2.29. The van der Waals surface area contributed by atoms with Gasteiger partial charge in [0.25, 0.3) is 5.91 Å². The molecular weight excluding hydrogens is 254 g/mol. The van der Waals surface area contributed by atoms with E-state index in [4.69, 9.17) is 0 Å². The van der Waals surface area contributed by atoms with Crippen molar-refractivity contribution in [1.82, 2.24) is 5.32 Å². The smallest absolute Gasteiger partial charge is 0.306 e. The Balaban J connectivity index is 1.93. The summed E-state index contributed by atoms with van der Waals surface area (Å²) in [4.78, 5) is 23.3. The number of hydrogen-bond acceptors (Lipinski definition) is 2. The first kappa shape index (κ1) is 14.6. The summed E-state index contributed by atoms with van der Waals surface area (Å²) < 4.78 is 0. The molecule has 20 heavy (non-hydrogen) atoms. The Morgan fingerprint density at radius 3 is 2.75 bits per heavy atom. The molecule has 2 N–H and O–H groups in total. The molecule has 0 heterocycles. The van der Waals surface area contributed by atoms with Crippen molar-refractivity contribution in [3.63, 3.8) is 0 Å². The number of nitrogens with one attached hydrogen (secondary N) is 1. The van der Waals surface area contributed by atoms with Gasteiger partial charge in [-0.3, -0.25) is 9.59 Å². The van der Waals surface area contributed by atoms with Crippen LogP contribution in [0, 0.1) is 18.8 Å². The van der Waals surface area contributed by atoms with Gasteiger partial charge in [0.1, 0.15) is 0 Å². The van der Waals surface area contributed by atoms with Crippen LogP contribution >= 0.6 is 0 Å². The summed E-state index contributed by atoms with van der Waals surface area (Å²) in [6, 6.07) is 7.41. The van der Waals surface area contributed by atoms with Crippen LogP contribution in [0.25, 0.3) is 0 Å². The molecule has 0 unspecified atom stereocenters. The predicted octanol–water partition coefficient (Wildman–Crippen LogP) is 2.62. The summed E-state index contributed by atoms with van der Waals surface area (Å²) in [7, 11) is 0. The van der Waals surface area contributed by atoms with Crippen LogP contribution in [0.4, 0.5) is 0 Å². The van der Waals surface area contributed by atoms with E-state index >= 15 is 0 Å². The average Bonchev–Trinajstić information content (AvgIpc) is 2.45. The molecule has 0 bridgehead atoms. The van der Waals surface area contributed by atoms with Crippen LogP contribution in [0.5, 0.6) is 0 Å². The Morgan fingerprint density at radius 2 is 2.05 bits per heavy atom. The molecular formula is C16H21NO3. The lowest BCUT2D eigenvalue weighted by atomic mass is 9.79. The van der Waals surface area contributed by atoms with Gasteiger partial charge in [0, 0.05) is 12.1 Å². The van der Waals surface area contributed by atoms with E-state index < -0.39 is 5.97 Å². The van der Waals surface area contributed by atoms with Crippen molar-refractivity contribution >= 4 is 11.9 Å². The molecule has 2 atom stereocenters. The number of aliphatic carboxylic acids is 1. The number of hydrogen-bond donors (Lipinski definition) is 2. The maximum Gasteiger partial charge on any atom is 0.306 e. The topological polar surface area (TPSA) is 66.4 Å². The van der Waals surface area contributed by atoms with Crippen molar-refractivity contribution < 1.29 is 14.7 Å². The standard InChI is InChI=1S/C16H21NO3/c1-11-5-4-7-12(9-11)15(18)17-10-13-6-2-3-8-14(13)16(19)20/h4-5,7,9,13-14H,2-3,6,8,10H2,1H3,(H,17,18)(H,19,20)/t13-,14-/m0/s1. The number of amides is 1. The summed E-state index contributed by atoms with van der Waals surface area (Å²) in [5, 5.41) is 12.1. The Kier molecular flexibility index (Phi) is 4.77. The fourth-order valence-electron chi connectivity index (χ4n) is 2.89. The van der Waals surface area contributed by atoms with Gasteiger partial charge in [0.05, 0.1) is 5.92 Å².